The van der Waals surface area contributed by atoms with Crippen molar-refractivity contribution in [3.8, 4) is 0 Å². The Balaban J connectivity index is 2.16. The van der Waals surface area contributed by atoms with Gasteiger partial charge in [0.15, 0.2) is 5.82 Å². The van der Waals surface area contributed by atoms with Gasteiger partial charge in [0.2, 0.25) is 0 Å². The fourth-order valence-electron chi connectivity index (χ4n) is 2.32. The van der Waals surface area contributed by atoms with Gasteiger partial charge in [0.05, 0.1) is 16.0 Å². The van der Waals surface area contributed by atoms with Crippen molar-refractivity contribution in [1.29, 1.82) is 0 Å². The third kappa shape index (κ3) is 2.35. The minimum atomic E-state index is -0.589. The zero-order valence-corrected chi connectivity index (χ0v) is 11.8. The highest BCUT2D eigenvalue weighted by atomic mass is 35.5. The van der Waals surface area contributed by atoms with Gasteiger partial charge in [-0.25, -0.2) is 4.39 Å². The molecule has 0 unspecified atom stereocenters. The van der Waals surface area contributed by atoms with Gasteiger partial charge in [0, 0.05) is 23.8 Å². The average molecular weight is 309 g/mol. The van der Waals surface area contributed by atoms with Gasteiger partial charge < -0.3 is 9.97 Å². The van der Waals surface area contributed by atoms with Crippen LogP contribution in [0.3, 0.4) is 0 Å². The second kappa shape index (κ2) is 5.35. The smallest absolute Gasteiger partial charge is 0.160 e. The Bertz CT molecular complexity index is 648. The lowest BCUT2D eigenvalue weighted by Crippen LogP contribution is -2.05. The molecule has 20 heavy (non-hydrogen) atoms. The molecule has 0 aliphatic rings. The second-order valence-electron chi connectivity index (χ2n) is 4.48. The van der Waals surface area contributed by atoms with Crippen molar-refractivity contribution in [2.24, 2.45) is 0 Å². The first-order chi connectivity index (χ1) is 9.66. The van der Waals surface area contributed by atoms with Gasteiger partial charge in [-0.3, -0.25) is 0 Å². The number of H-pyrrole nitrogens is 2. The highest BCUT2D eigenvalue weighted by Gasteiger charge is 2.21. The lowest BCUT2D eigenvalue weighted by Gasteiger charge is -2.16. The number of rotatable bonds is 3. The summed E-state index contributed by atoms with van der Waals surface area (Å²) in [7, 11) is 0. The highest BCUT2D eigenvalue weighted by Crippen LogP contribution is 2.34. The maximum atomic E-state index is 13.6. The number of aromatic amines is 2. The fraction of sp³-hybridized carbons (Fsp3) is 0.0667. The number of nitrogens with one attached hydrogen (secondary N) is 2. The Morgan fingerprint density at radius 2 is 1.40 bits per heavy atom. The van der Waals surface area contributed by atoms with E-state index in [0.29, 0.717) is 0 Å². The molecule has 0 amide bonds. The molecule has 0 aliphatic carbocycles. The lowest BCUT2D eigenvalue weighted by atomic mass is 9.92. The van der Waals surface area contributed by atoms with E-state index in [1.807, 2.05) is 36.7 Å². The number of benzene rings is 1. The normalized spacial score (nSPS) is 11.2. The van der Waals surface area contributed by atoms with E-state index in [9.17, 15) is 4.39 Å². The maximum absolute atomic E-state index is 13.6. The third-order valence-corrected chi connectivity index (χ3v) is 3.76. The van der Waals surface area contributed by atoms with Crippen LogP contribution < -0.4 is 0 Å². The van der Waals surface area contributed by atoms with E-state index < -0.39 is 5.82 Å². The van der Waals surface area contributed by atoms with E-state index in [1.165, 1.54) is 0 Å². The molecule has 3 rings (SSSR count). The number of hydrogen-bond acceptors (Lipinski definition) is 0. The molecule has 102 valence electrons. The standard InChI is InChI=1S/C15H11Cl2FN2/c16-10-7-9(8-11(17)15(10)18)14(12-3-1-5-19-12)13-4-2-6-20-13/h1-8,14,19-20H. The highest BCUT2D eigenvalue weighted by molar-refractivity contribution is 6.35. The summed E-state index contributed by atoms with van der Waals surface area (Å²) in [6, 6.07) is 11.0. The van der Waals surface area contributed by atoms with Crippen LogP contribution in [0.25, 0.3) is 0 Å². The van der Waals surface area contributed by atoms with Crippen molar-refractivity contribution in [2.45, 2.75) is 5.92 Å². The summed E-state index contributed by atoms with van der Waals surface area (Å²) >= 11 is 11.8. The Morgan fingerprint density at radius 3 is 1.80 bits per heavy atom. The van der Waals surface area contributed by atoms with Crippen molar-refractivity contribution in [3.05, 3.63) is 81.6 Å². The minimum absolute atomic E-state index is 0.0237. The molecule has 0 bridgehead atoms. The molecule has 0 radical (unpaired) electrons. The van der Waals surface area contributed by atoms with Crippen LogP contribution in [-0.4, -0.2) is 9.97 Å². The van der Waals surface area contributed by atoms with Crippen LogP contribution in [0.5, 0.6) is 0 Å². The SMILES string of the molecule is Fc1c(Cl)cc(C(c2ccc[nH]2)c2ccc[nH]2)cc1Cl. The van der Waals surface area contributed by atoms with Crippen molar-refractivity contribution < 1.29 is 4.39 Å². The van der Waals surface area contributed by atoms with Crippen LogP contribution in [0.2, 0.25) is 10.0 Å². The van der Waals surface area contributed by atoms with Crippen molar-refractivity contribution >= 4 is 23.2 Å². The van der Waals surface area contributed by atoms with Crippen molar-refractivity contribution in [1.82, 2.24) is 9.97 Å². The van der Waals surface area contributed by atoms with Gasteiger partial charge in [-0.05, 0) is 42.0 Å². The van der Waals surface area contributed by atoms with Gasteiger partial charge in [0.1, 0.15) is 0 Å². The molecule has 0 saturated heterocycles. The predicted octanol–water partition coefficient (Wildman–Crippen LogP) is 4.97. The molecule has 0 saturated carbocycles. The summed E-state index contributed by atoms with van der Waals surface area (Å²) in [5.41, 5.74) is 2.78. The molecular formula is C15H11Cl2FN2. The summed E-state index contributed by atoms with van der Waals surface area (Å²) in [5, 5.41) is 0.0474. The first kappa shape index (κ1) is 13.3. The maximum Gasteiger partial charge on any atom is 0.160 e. The van der Waals surface area contributed by atoms with Crippen molar-refractivity contribution in [2.75, 3.05) is 0 Å². The van der Waals surface area contributed by atoms with E-state index in [1.54, 1.807) is 12.1 Å². The Hall–Kier alpha value is -1.71. The van der Waals surface area contributed by atoms with Gasteiger partial charge in [-0.15, -0.1) is 0 Å². The first-order valence-corrected chi connectivity index (χ1v) is 6.83. The van der Waals surface area contributed by atoms with Crippen molar-refractivity contribution in [3.63, 3.8) is 0 Å². The molecule has 3 aromatic rings. The summed E-state index contributed by atoms with van der Waals surface area (Å²) in [4.78, 5) is 6.36. The molecule has 2 heterocycles. The zero-order chi connectivity index (χ0) is 14.1. The molecule has 0 fully saturated rings. The topological polar surface area (TPSA) is 31.6 Å². The zero-order valence-electron chi connectivity index (χ0n) is 10.3. The average Bonchev–Trinajstić information content (AvgIpc) is 3.09. The third-order valence-electron chi connectivity index (χ3n) is 3.21. The van der Waals surface area contributed by atoms with Crippen LogP contribution in [-0.2, 0) is 0 Å². The molecule has 2 aromatic heterocycles. The van der Waals surface area contributed by atoms with E-state index in [4.69, 9.17) is 23.2 Å². The summed E-state index contributed by atoms with van der Waals surface area (Å²) in [6.07, 6.45) is 3.69. The summed E-state index contributed by atoms with van der Waals surface area (Å²) in [5.74, 6) is -0.690. The molecule has 0 aliphatic heterocycles. The van der Waals surface area contributed by atoms with Crippen LogP contribution in [0.1, 0.15) is 22.9 Å². The van der Waals surface area contributed by atoms with E-state index >= 15 is 0 Å². The number of hydrogen-bond donors (Lipinski definition) is 2. The summed E-state index contributed by atoms with van der Waals surface area (Å²) < 4.78 is 13.6. The Labute approximate surface area is 125 Å². The number of halogens is 3. The van der Waals surface area contributed by atoms with Gasteiger partial charge >= 0.3 is 0 Å². The number of aromatic nitrogens is 2. The molecule has 5 heteroatoms. The second-order valence-corrected chi connectivity index (χ2v) is 5.30. The lowest BCUT2D eigenvalue weighted by molar-refractivity contribution is 0.627. The quantitative estimate of drug-likeness (QED) is 0.640. The monoisotopic (exact) mass is 308 g/mol. The molecule has 0 atom stereocenters. The predicted molar refractivity (Wildman–Crippen MR) is 79.0 cm³/mol. The molecule has 2 nitrogen and oxygen atoms in total. The molecule has 2 N–H and O–H groups in total. The molecule has 1 aromatic carbocycles. The van der Waals surface area contributed by atoms with E-state index in [0.717, 1.165) is 17.0 Å². The van der Waals surface area contributed by atoms with Crippen LogP contribution in [0.15, 0.2) is 48.8 Å². The first-order valence-electron chi connectivity index (χ1n) is 6.08. The van der Waals surface area contributed by atoms with Gasteiger partial charge in [-0.2, -0.15) is 0 Å². The minimum Gasteiger partial charge on any atom is -0.364 e. The van der Waals surface area contributed by atoms with Crippen LogP contribution in [0.4, 0.5) is 4.39 Å². The Kier molecular flexibility index (Phi) is 3.55. The van der Waals surface area contributed by atoms with Crippen LogP contribution in [0, 0.1) is 5.82 Å². The molecular weight excluding hydrogens is 298 g/mol. The summed E-state index contributed by atoms with van der Waals surface area (Å²) in [6.45, 7) is 0. The molecule has 0 spiro atoms. The largest absolute Gasteiger partial charge is 0.364 e. The van der Waals surface area contributed by atoms with Gasteiger partial charge in [0.25, 0.3) is 0 Å². The van der Waals surface area contributed by atoms with E-state index in [-0.39, 0.29) is 16.0 Å². The fourth-order valence-corrected chi connectivity index (χ4v) is 2.82. The van der Waals surface area contributed by atoms with E-state index in [2.05, 4.69) is 9.97 Å². The van der Waals surface area contributed by atoms with Gasteiger partial charge in [-0.1, -0.05) is 23.2 Å². The Morgan fingerprint density at radius 1 is 0.900 bits per heavy atom. The van der Waals surface area contributed by atoms with Crippen LogP contribution >= 0.6 is 23.2 Å².